The van der Waals surface area contributed by atoms with Crippen molar-refractivity contribution in [1.29, 1.82) is 0 Å². The van der Waals surface area contributed by atoms with Crippen molar-refractivity contribution in [2.75, 3.05) is 5.32 Å². The minimum absolute atomic E-state index is 0.0951. The summed E-state index contributed by atoms with van der Waals surface area (Å²) in [6.07, 6.45) is 6.58. The van der Waals surface area contributed by atoms with Crippen LogP contribution in [0.2, 0.25) is 5.15 Å². The molecule has 1 unspecified atom stereocenters. The highest BCUT2D eigenvalue weighted by Gasteiger charge is 2.07. The van der Waals surface area contributed by atoms with Gasteiger partial charge in [-0.2, -0.15) is 0 Å². The molecule has 1 aromatic rings. The van der Waals surface area contributed by atoms with Gasteiger partial charge in [0.1, 0.15) is 17.3 Å². The summed E-state index contributed by atoms with van der Waals surface area (Å²) >= 11 is 9.00. The Bertz CT molecular complexity index is 348. The number of terminal acetylenes is 1. The van der Waals surface area contributed by atoms with Crippen LogP contribution >= 0.6 is 27.5 Å². The Labute approximate surface area is 90.1 Å². The van der Waals surface area contributed by atoms with Gasteiger partial charge < -0.3 is 5.32 Å². The molecule has 1 heterocycles. The first-order valence-electron chi connectivity index (χ1n) is 3.53. The second-order valence-electron chi connectivity index (χ2n) is 2.36. The van der Waals surface area contributed by atoms with Gasteiger partial charge in [0.05, 0.1) is 10.5 Å². The van der Waals surface area contributed by atoms with Gasteiger partial charge in [-0.15, -0.1) is 6.42 Å². The van der Waals surface area contributed by atoms with E-state index in [1.54, 1.807) is 0 Å². The first kappa shape index (κ1) is 10.3. The van der Waals surface area contributed by atoms with Crippen molar-refractivity contribution >= 4 is 33.3 Å². The lowest BCUT2D eigenvalue weighted by Crippen LogP contribution is -2.13. The fourth-order valence-corrected chi connectivity index (χ4v) is 1.15. The molecule has 0 saturated carbocycles. The predicted octanol–water partition coefficient (Wildman–Crippen LogP) is 2.33. The van der Waals surface area contributed by atoms with E-state index in [9.17, 15) is 0 Å². The van der Waals surface area contributed by atoms with E-state index >= 15 is 0 Å². The van der Waals surface area contributed by atoms with Gasteiger partial charge in [0.2, 0.25) is 0 Å². The molecule has 0 aromatic carbocycles. The summed E-state index contributed by atoms with van der Waals surface area (Å²) < 4.78 is 0.624. The SMILES string of the molecule is C#CC(C)Nc1ncnc(Cl)c1Br. The molecule has 5 heteroatoms. The lowest BCUT2D eigenvalue weighted by molar-refractivity contribution is 0.998. The molecule has 0 aliphatic carbocycles. The Balaban J connectivity index is 2.90. The lowest BCUT2D eigenvalue weighted by atomic mass is 10.3. The summed E-state index contributed by atoms with van der Waals surface area (Å²) in [5.74, 6) is 3.13. The molecule has 0 spiro atoms. The van der Waals surface area contributed by atoms with E-state index in [2.05, 4.69) is 37.1 Å². The van der Waals surface area contributed by atoms with Crippen LogP contribution in [0.3, 0.4) is 0 Å². The first-order chi connectivity index (χ1) is 6.15. The third kappa shape index (κ3) is 2.58. The van der Waals surface area contributed by atoms with Crippen LogP contribution < -0.4 is 5.32 Å². The van der Waals surface area contributed by atoms with E-state index in [1.807, 2.05) is 6.92 Å². The van der Waals surface area contributed by atoms with Crippen molar-refractivity contribution in [2.45, 2.75) is 13.0 Å². The molecular weight excluding hydrogens is 253 g/mol. The maximum absolute atomic E-state index is 5.75. The Hall–Kier alpha value is -0.790. The molecule has 0 bridgehead atoms. The zero-order chi connectivity index (χ0) is 9.84. The van der Waals surface area contributed by atoms with E-state index in [4.69, 9.17) is 18.0 Å². The topological polar surface area (TPSA) is 37.8 Å². The smallest absolute Gasteiger partial charge is 0.148 e. The van der Waals surface area contributed by atoms with Crippen LogP contribution in [-0.2, 0) is 0 Å². The van der Waals surface area contributed by atoms with Gasteiger partial charge in [-0.1, -0.05) is 17.5 Å². The summed E-state index contributed by atoms with van der Waals surface area (Å²) in [6, 6.07) is -0.0951. The van der Waals surface area contributed by atoms with Gasteiger partial charge in [0.25, 0.3) is 0 Å². The molecule has 68 valence electrons. The average Bonchev–Trinajstić information content (AvgIpc) is 2.13. The van der Waals surface area contributed by atoms with Crippen LogP contribution in [0.5, 0.6) is 0 Å². The Kier molecular flexibility index (Phi) is 3.52. The summed E-state index contributed by atoms with van der Waals surface area (Å²) in [7, 11) is 0. The molecule has 0 aliphatic heterocycles. The molecule has 1 aromatic heterocycles. The molecule has 1 atom stereocenters. The number of rotatable bonds is 2. The number of aromatic nitrogens is 2. The highest BCUT2D eigenvalue weighted by atomic mass is 79.9. The predicted molar refractivity (Wildman–Crippen MR) is 56.7 cm³/mol. The quantitative estimate of drug-likeness (QED) is 0.655. The molecule has 0 amide bonds. The van der Waals surface area contributed by atoms with Crippen LogP contribution in [0.4, 0.5) is 5.82 Å². The average molecular weight is 261 g/mol. The third-order valence-corrected chi connectivity index (χ3v) is 2.62. The molecule has 0 aliphatic rings. The minimum Gasteiger partial charge on any atom is -0.356 e. The number of hydrogen-bond acceptors (Lipinski definition) is 3. The summed E-state index contributed by atoms with van der Waals surface area (Å²) in [4.78, 5) is 7.77. The maximum Gasteiger partial charge on any atom is 0.148 e. The van der Waals surface area contributed by atoms with Crippen LogP contribution in [0.1, 0.15) is 6.92 Å². The van der Waals surface area contributed by atoms with Crippen molar-refractivity contribution in [3.05, 3.63) is 16.0 Å². The van der Waals surface area contributed by atoms with Gasteiger partial charge in [0.15, 0.2) is 0 Å². The lowest BCUT2D eigenvalue weighted by Gasteiger charge is -2.09. The van der Waals surface area contributed by atoms with Gasteiger partial charge >= 0.3 is 0 Å². The second-order valence-corrected chi connectivity index (χ2v) is 3.51. The molecule has 0 saturated heterocycles. The molecular formula is C8H7BrClN3. The molecule has 3 nitrogen and oxygen atoms in total. The normalized spacial score (nSPS) is 11.8. The zero-order valence-corrected chi connectivity index (χ0v) is 9.22. The van der Waals surface area contributed by atoms with Crippen LogP contribution in [-0.4, -0.2) is 16.0 Å². The number of hydrogen-bond donors (Lipinski definition) is 1. The monoisotopic (exact) mass is 259 g/mol. The van der Waals surface area contributed by atoms with E-state index in [0.29, 0.717) is 15.4 Å². The Morgan fingerprint density at radius 3 is 3.00 bits per heavy atom. The van der Waals surface area contributed by atoms with E-state index in [-0.39, 0.29) is 6.04 Å². The third-order valence-electron chi connectivity index (χ3n) is 1.35. The molecule has 1 rings (SSSR count). The van der Waals surface area contributed by atoms with Crippen molar-refractivity contribution < 1.29 is 0 Å². The highest BCUT2D eigenvalue weighted by Crippen LogP contribution is 2.26. The molecule has 0 radical (unpaired) electrons. The summed E-state index contributed by atoms with van der Waals surface area (Å²) in [5.41, 5.74) is 0. The molecule has 13 heavy (non-hydrogen) atoms. The van der Waals surface area contributed by atoms with Gasteiger partial charge in [-0.25, -0.2) is 9.97 Å². The Morgan fingerprint density at radius 1 is 1.69 bits per heavy atom. The van der Waals surface area contributed by atoms with E-state index in [0.717, 1.165) is 0 Å². The van der Waals surface area contributed by atoms with Crippen LogP contribution in [0.25, 0.3) is 0 Å². The standard InChI is InChI=1S/C8H7BrClN3/c1-3-5(2)13-8-6(9)7(10)11-4-12-8/h1,4-5H,2H3,(H,11,12,13). The number of halogens is 2. The van der Waals surface area contributed by atoms with Crippen molar-refractivity contribution in [1.82, 2.24) is 9.97 Å². The summed E-state index contributed by atoms with van der Waals surface area (Å²) in [5, 5.41) is 3.34. The zero-order valence-electron chi connectivity index (χ0n) is 6.88. The highest BCUT2D eigenvalue weighted by molar-refractivity contribution is 9.10. The van der Waals surface area contributed by atoms with Crippen molar-refractivity contribution in [2.24, 2.45) is 0 Å². The van der Waals surface area contributed by atoms with Gasteiger partial charge in [0, 0.05) is 0 Å². The second kappa shape index (κ2) is 4.45. The molecule has 1 N–H and O–H groups in total. The van der Waals surface area contributed by atoms with Gasteiger partial charge in [-0.3, -0.25) is 0 Å². The fourth-order valence-electron chi connectivity index (χ4n) is 0.696. The largest absolute Gasteiger partial charge is 0.356 e. The van der Waals surface area contributed by atoms with E-state index < -0.39 is 0 Å². The number of nitrogens with one attached hydrogen (secondary N) is 1. The van der Waals surface area contributed by atoms with Crippen LogP contribution in [0.15, 0.2) is 10.8 Å². The Morgan fingerprint density at radius 2 is 2.38 bits per heavy atom. The molecule has 0 fully saturated rings. The van der Waals surface area contributed by atoms with Crippen molar-refractivity contribution in [3.8, 4) is 12.3 Å². The van der Waals surface area contributed by atoms with Crippen molar-refractivity contribution in [3.63, 3.8) is 0 Å². The number of nitrogens with zero attached hydrogens (tertiary/aromatic N) is 2. The maximum atomic E-state index is 5.75. The minimum atomic E-state index is -0.0951. The van der Waals surface area contributed by atoms with Crippen LogP contribution in [0, 0.1) is 12.3 Å². The number of anilines is 1. The van der Waals surface area contributed by atoms with E-state index in [1.165, 1.54) is 6.33 Å². The summed E-state index contributed by atoms with van der Waals surface area (Å²) in [6.45, 7) is 1.85. The fraction of sp³-hybridized carbons (Fsp3) is 0.250. The first-order valence-corrected chi connectivity index (χ1v) is 4.71. The van der Waals surface area contributed by atoms with Gasteiger partial charge in [-0.05, 0) is 22.9 Å².